The van der Waals surface area contributed by atoms with Gasteiger partial charge in [-0.05, 0) is 36.4 Å². The Labute approximate surface area is 133 Å². The summed E-state index contributed by atoms with van der Waals surface area (Å²) in [7, 11) is 0. The van der Waals surface area contributed by atoms with Crippen molar-refractivity contribution in [3.05, 3.63) is 57.0 Å². The molecule has 4 N–H and O–H groups in total. The number of carbonyl (C=O) groups is 2. The molecule has 2 aromatic rings. The van der Waals surface area contributed by atoms with E-state index in [4.69, 9.17) is 22.4 Å². The number of benzene rings is 2. The number of carbonyl (C=O) groups excluding carboxylic acids is 1. The van der Waals surface area contributed by atoms with Gasteiger partial charge in [-0.2, -0.15) is 0 Å². The zero-order valence-electron chi connectivity index (χ0n) is 10.6. The molecule has 0 radical (unpaired) electrons. The van der Waals surface area contributed by atoms with E-state index in [2.05, 4.69) is 21.2 Å². The second-order valence-corrected chi connectivity index (χ2v) is 5.61. The number of nitrogens with two attached hydrogens (primary N) is 1. The fourth-order valence-electron chi connectivity index (χ4n) is 1.73. The molecular weight excluding hydrogens is 360 g/mol. The summed E-state index contributed by atoms with van der Waals surface area (Å²) < 4.78 is 0.671. The molecule has 2 aromatic carbocycles. The molecule has 1 amide bonds. The summed E-state index contributed by atoms with van der Waals surface area (Å²) in [4.78, 5) is 23.1. The first-order chi connectivity index (χ1) is 9.85. The summed E-state index contributed by atoms with van der Waals surface area (Å²) in [5, 5.41) is 11.8. The number of nitrogens with one attached hydrogen (secondary N) is 1. The first-order valence-electron chi connectivity index (χ1n) is 5.76. The first kappa shape index (κ1) is 15.3. The van der Waals surface area contributed by atoms with Gasteiger partial charge in [0, 0.05) is 26.4 Å². The van der Waals surface area contributed by atoms with Crippen LogP contribution in [0.5, 0.6) is 0 Å². The number of carboxylic acids is 1. The van der Waals surface area contributed by atoms with E-state index in [1.807, 2.05) is 0 Å². The van der Waals surface area contributed by atoms with Crippen LogP contribution in [0.15, 0.2) is 40.9 Å². The van der Waals surface area contributed by atoms with E-state index in [0.29, 0.717) is 21.4 Å². The van der Waals surface area contributed by atoms with Crippen LogP contribution < -0.4 is 11.1 Å². The van der Waals surface area contributed by atoms with Crippen molar-refractivity contribution in [1.82, 2.24) is 0 Å². The molecule has 0 unspecified atom stereocenters. The third kappa shape index (κ3) is 3.96. The molecule has 0 aliphatic rings. The normalized spacial score (nSPS) is 10.2. The number of carboxylic acid groups (broad SMARTS) is 1. The predicted molar refractivity (Wildman–Crippen MR) is 84.9 cm³/mol. The fourth-order valence-corrected chi connectivity index (χ4v) is 2.48. The summed E-state index contributed by atoms with van der Waals surface area (Å²) >= 11 is 9.08. The van der Waals surface area contributed by atoms with Gasteiger partial charge in [-0.1, -0.05) is 27.5 Å². The molecule has 0 spiro atoms. The highest BCUT2D eigenvalue weighted by atomic mass is 79.9. The highest BCUT2D eigenvalue weighted by molar-refractivity contribution is 9.10. The average molecular weight is 370 g/mol. The maximum Gasteiger partial charge on any atom is 0.335 e. The Morgan fingerprint density at radius 2 is 1.81 bits per heavy atom. The Morgan fingerprint density at radius 1 is 1.10 bits per heavy atom. The summed E-state index contributed by atoms with van der Waals surface area (Å²) in [6, 6.07) is 8.88. The van der Waals surface area contributed by atoms with Crippen molar-refractivity contribution in [2.24, 2.45) is 0 Å². The molecule has 2 rings (SSSR count). The average Bonchev–Trinajstić information content (AvgIpc) is 2.36. The molecular formula is C14H10BrClN2O3. The van der Waals surface area contributed by atoms with Gasteiger partial charge in [0.15, 0.2) is 0 Å². The van der Waals surface area contributed by atoms with Crippen molar-refractivity contribution < 1.29 is 14.7 Å². The third-order valence-corrected chi connectivity index (χ3v) is 3.26. The van der Waals surface area contributed by atoms with E-state index in [-0.39, 0.29) is 10.6 Å². The van der Waals surface area contributed by atoms with Crippen LogP contribution in [-0.2, 0) is 0 Å². The molecule has 0 aliphatic carbocycles. The molecule has 5 nitrogen and oxygen atoms in total. The zero-order chi connectivity index (χ0) is 15.6. The van der Waals surface area contributed by atoms with Crippen LogP contribution in [-0.4, -0.2) is 17.0 Å². The fraction of sp³-hybridized carbons (Fsp3) is 0. The number of halogens is 2. The van der Waals surface area contributed by atoms with Crippen molar-refractivity contribution >= 4 is 50.8 Å². The molecule has 0 bridgehead atoms. The SMILES string of the molecule is Nc1cc(Br)cc(C(=O)Nc2cc(Cl)cc(C(=O)O)c2)c1. The van der Waals surface area contributed by atoms with Gasteiger partial charge in [-0.25, -0.2) is 4.79 Å². The van der Waals surface area contributed by atoms with Gasteiger partial charge < -0.3 is 16.2 Å². The Kier molecular flexibility index (Phi) is 4.50. The van der Waals surface area contributed by atoms with Crippen molar-refractivity contribution in [3.63, 3.8) is 0 Å². The number of aromatic carboxylic acids is 1. The van der Waals surface area contributed by atoms with Crippen LogP contribution >= 0.6 is 27.5 Å². The van der Waals surface area contributed by atoms with Gasteiger partial charge in [0.25, 0.3) is 5.91 Å². The molecule has 108 valence electrons. The third-order valence-electron chi connectivity index (χ3n) is 2.58. The number of rotatable bonds is 3. The summed E-state index contributed by atoms with van der Waals surface area (Å²) in [6.07, 6.45) is 0. The van der Waals surface area contributed by atoms with E-state index in [9.17, 15) is 9.59 Å². The minimum absolute atomic E-state index is 0.00782. The van der Waals surface area contributed by atoms with Crippen LogP contribution in [0.3, 0.4) is 0 Å². The van der Waals surface area contributed by atoms with Crippen molar-refractivity contribution in [2.75, 3.05) is 11.1 Å². The monoisotopic (exact) mass is 368 g/mol. The standard InChI is InChI=1S/C14H10BrClN2O3/c15-9-1-7(3-11(17)5-9)13(19)18-12-4-8(14(20)21)2-10(16)6-12/h1-6H,17H2,(H,18,19)(H,20,21). The van der Waals surface area contributed by atoms with Gasteiger partial charge in [0.2, 0.25) is 0 Å². The van der Waals surface area contributed by atoms with Gasteiger partial charge in [-0.15, -0.1) is 0 Å². The Balaban J connectivity index is 2.29. The lowest BCUT2D eigenvalue weighted by Gasteiger charge is -2.08. The van der Waals surface area contributed by atoms with E-state index < -0.39 is 11.9 Å². The van der Waals surface area contributed by atoms with Crippen LogP contribution in [0.25, 0.3) is 0 Å². The quantitative estimate of drug-likeness (QED) is 0.720. The van der Waals surface area contributed by atoms with Gasteiger partial charge in [0.05, 0.1) is 5.56 Å². The maximum atomic E-state index is 12.1. The molecule has 0 aliphatic heterocycles. The van der Waals surface area contributed by atoms with E-state index in [0.717, 1.165) is 0 Å². The molecule has 7 heteroatoms. The molecule has 0 saturated carbocycles. The van der Waals surface area contributed by atoms with Crippen LogP contribution in [0.4, 0.5) is 11.4 Å². The number of hydrogen-bond donors (Lipinski definition) is 3. The van der Waals surface area contributed by atoms with Gasteiger partial charge >= 0.3 is 5.97 Å². The minimum Gasteiger partial charge on any atom is -0.478 e. The molecule has 0 heterocycles. The predicted octanol–water partition coefficient (Wildman–Crippen LogP) is 3.64. The Hall–Kier alpha value is -2.05. The molecule has 21 heavy (non-hydrogen) atoms. The molecule has 0 aromatic heterocycles. The molecule has 0 atom stereocenters. The lowest BCUT2D eigenvalue weighted by atomic mass is 10.1. The largest absolute Gasteiger partial charge is 0.478 e. The van der Waals surface area contributed by atoms with Gasteiger partial charge in [-0.3, -0.25) is 4.79 Å². The Morgan fingerprint density at radius 3 is 2.43 bits per heavy atom. The zero-order valence-corrected chi connectivity index (χ0v) is 12.9. The second-order valence-electron chi connectivity index (χ2n) is 4.26. The molecule has 0 saturated heterocycles. The maximum absolute atomic E-state index is 12.1. The number of nitrogen functional groups attached to an aromatic ring is 1. The highest BCUT2D eigenvalue weighted by Crippen LogP contribution is 2.22. The Bertz CT molecular complexity index is 714. The van der Waals surface area contributed by atoms with Crippen molar-refractivity contribution in [2.45, 2.75) is 0 Å². The van der Waals surface area contributed by atoms with Crippen LogP contribution in [0.2, 0.25) is 5.02 Å². The smallest absolute Gasteiger partial charge is 0.335 e. The first-order valence-corrected chi connectivity index (χ1v) is 6.93. The number of anilines is 2. The van der Waals surface area contributed by atoms with E-state index in [1.165, 1.54) is 24.3 Å². The molecule has 0 fully saturated rings. The summed E-state index contributed by atoms with van der Waals surface area (Å²) in [6.45, 7) is 0. The van der Waals surface area contributed by atoms with E-state index >= 15 is 0 Å². The van der Waals surface area contributed by atoms with Crippen molar-refractivity contribution in [3.8, 4) is 0 Å². The van der Waals surface area contributed by atoms with E-state index in [1.54, 1.807) is 12.1 Å². The number of amides is 1. The topological polar surface area (TPSA) is 92.4 Å². The van der Waals surface area contributed by atoms with Crippen LogP contribution in [0, 0.1) is 0 Å². The van der Waals surface area contributed by atoms with Crippen molar-refractivity contribution in [1.29, 1.82) is 0 Å². The summed E-state index contributed by atoms with van der Waals surface area (Å²) in [5.41, 5.74) is 6.74. The van der Waals surface area contributed by atoms with Gasteiger partial charge in [0.1, 0.15) is 0 Å². The lowest BCUT2D eigenvalue weighted by Crippen LogP contribution is -2.13. The van der Waals surface area contributed by atoms with Crippen LogP contribution in [0.1, 0.15) is 20.7 Å². The number of hydrogen-bond acceptors (Lipinski definition) is 3. The summed E-state index contributed by atoms with van der Waals surface area (Å²) in [5.74, 6) is -1.54. The highest BCUT2D eigenvalue weighted by Gasteiger charge is 2.11. The second kappa shape index (κ2) is 6.15. The lowest BCUT2D eigenvalue weighted by molar-refractivity contribution is 0.0696. The minimum atomic E-state index is -1.13.